The van der Waals surface area contributed by atoms with Gasteiger partial charge in [0.1, 0.15) is 11.3 Å². The highest BCUT2D eigenvalue weighted by atomic mass is 79.9. The number of hydrogen-bond acceptors (Lipinski definition) is 4. The number of nitrogens with zero attached hydrogens (tertiary/aromatic N) is 3. The number of amides is 2. The molecule has 7 nitrogen and oxygen atoms in total. The van der Waals surface area contributed by atoms with Gasteiger partial charge in [0.15, 0.2) is 0 Å². The van der Waals surface area contributed by atoms with Gasteiger partial charge in [-0.1, -0.05) is 28.1 Å². The number of carbonyl (C=O) groups is 2. The summed E-state index contributed by atoms with van der Waals surface area (Å²) in [6.07, 6.45) is 0.961. The van der Waals surface area contributed by atoms with Crippen LogP contribution in [0.15, 0.2) is 40.9 Å². The lowest BCUT2D eigenvalue weighted by Crippen LogP contribution is -2.27. The molecule has 2 N–H and O–H groups in total. The van der Waals surface area contributed by atoms with Gasteiger partial charge in [-0.05, 0) is 42.8 Å². The predicted octanol–water partition coefficient (Wildman–Crippen LogP) is 3.50. The maximum Gasteiger partial charge on any atom is 0.251 e. The first-order valence-electron chi connectivity index (χ1n) is 8.84. The number of benzene rings is 2. The molecule has 0 saturated heterocycles. The van der Waals surface area contributed by atoms with E-state index in [1.54, 1.807) is 22.9 Å². The number of aryl methyl sites for hydroxylation is 1. The average Bonchev–Trinajstić information content (AvgIpc) is 3.06. The molecule has 28 heavy (non-hydrogen) atoms. The van der Waals surface area contributed by atoms with E-state index in [0.29, 0.717) is 15.6 Å². The highest BCUT2D eigenvalue weighted by molar-refractivity contribution is 9.10. The zero-order valence-corrected chi connectivity index (χ0v) is 16.8. The number of fused-ring (bicyclic) bond motifs is 1. The van der Waals surface area contributed by atoms with Crippen molar-refractivity contribution in [3.8, 4) is 0 Å². The van der Waals surface area contributed by atoms with Crippen LogP contribution in [0, 0.1) is 5.82 Å². The summed E-state index contributed by atoms with van der Waals surface area (Å²) < 4.78 is 16.1. The van der Waals surface area contributed by atoms with Crippen molar-refractivity contribution in [1.29, 1.82) is 0 Å². The van der Waals surface area contributed by atoms with Crippen molar-refractivity contribution in [2.24, 2.45) is 0 Å². The Hall–Kier alpha value is -2.81. The molecule has 1 heterocycles. The molecule has 0 bridgehead atoms. The Kier molecular flexibility index (Phi) is 6.35. The van der Waals surface area contributed by atoms with E-state index >= 15 is 0 Å². The normalized spacial score (nSPS) is 10.8. The van der Waals surface area contributed by atoms with Crippen LogP contribution >= 0.6 is 15.9 Å². The van der Waals surface area contributed by atoms with Crippen LogP contribution in [-0.4, -0.2) is 33.4 Å². The van der Waals surface area contributed by atoms with Crippen molar-refractivity contribution in [3.05, 3.63) is 52.3 Å². The molecule has 2 amide bonds. The van der Waals surface area contributed by atoms with Gasteiger partial charge in [0, 0.05) is 29.5 Å². The first-order valence-corrected chi connectivity index (χ1v) is 9.63. The summed E-state index contributed by atoms with van der Waals surface area (Å²) in [6, 6.07) is 9.54. The number of carbonyl (C=O) groups excluding carboxylic acids is 2. The molecule has 9 heteroatoms. The van der Waals surface area contributed by atoms with Gasteiger partial charge in [0.25, 0.3) is 5.91 Å². The monoisotopic (exact) mass is 447 g/mol. The van der Waals surface area contributed by atoms with Gasteiger partial charge in [-0.15, -0.1) is 5.10 Å². The third-order valence-electron chi connectivity index (χ3n) is 4.05. The Balaban J connectivity index is 1.53. The van der Waals surface area contributed by atoms with Gasteiger partial charge < -0.3 is 10.6 Å². The molecule has 0 fully saturated rings. The first-order chi connectivity index (χ1) is 13.5. The fourth-order valence-corrected chi connectivity index (χ4v) is 3.02. The van der Waals surface area contributed by atoms with Crippen molar-refractivity contribution in [2.45, 2.75) is 26.3 Å². The van der Waals surface area contributed by atoms with E-state index in [9.17, 15) is 14.0 Å². The van der Waals surface area contributed by atoms with Crippen molar-refractivity contribution >= 4 is 44.5 Å². The van der Waals surface area contributed by atoms with Crippen LogP contribution in [0.1, 0.15) is 30.1 Å². The Bertz CT molecular complexity index is 1020. The molecule has 0 aliphatic carbocycles. The van der Waals surface area contributed by atoms with Gasteiger partial charge in [-0.3, -0.25) is 9.59 Å². The summed E-state index contributed by atoms with van der Waals surface area (Å²) in [6.45, 7) is 2.94. The van der Waals surface area contributed by atoms with Crippen molar-refractivity contribution in [1.82, 2.24) is 20.3 Å². The summed E-state index contributed by atoms with van der Waals surface area (Å²) in [5.41, 5.74) is 2.05. The number of hydrogen-bond donors (Lipinski definition) is 2. The molecule has 3 rings (SSSR count). The zero-order valence-electron chi connectivity index (χ0n) is 15.2. The SMILES string of the molecule is CCCn1nnc2cc(C(=O)NCCC(=O)Nc3ccc(Br)cc3F)ccc21. The minimum absolute atomic E-state index is 0.0240. The van der Waals surface area contributed by atoms with E-state index in [4.69, 9.17) is 0 Å². The minimum Gasteiger partial charge on any atom is -0.352 e. The maximum absolute atomic E-state index is 13.7. The maximum atomic E-state index is 13.7. The molecule has 0 saturated carbocycles. The van der Waals surface area contributed by atoms with E-state index in [-0.39, 0.29) is 30.5 Å². The van der Waals surface area contributed by atoms with E-state index in [1.807, 2.05) is 6.07 Å². The van der Waals surface area contributed by atoms with Crippen LogP contribution < -0.4 is 10.6 Å². The summed E-state index contributed by atoms with van der Waals surface area (Å²) in [5, 5.41) is 13.3. The van der Waals surface area contributed by atoms with E-state index < -0.39 is 5.82 Å². The van der Waals surface area contributed by atoms with Crippen molar-refractivity contribution < 1.29 is 14.0 Å². The Morgan fingerprint density at radius 2 is 2.04 bits per heavy atom. The Morgan fingerprint density at radius 3 is 2.79 bits per heavy atom. The molecule has 0 spiro atoms. The van der Waals surface area contributed by atoms with Crippen LogP contribution in [0.4, 0.5) is 10.1 Å². The van der Waals surface area contributed by atoms with Crippen molar-refractivity contribution in [2.75, 3.05) is 11.9 Å². The highest BCUT2D eigenvalue weighted by Gasteiger charge is 2.11. The van der Waals surface area contributed by atoms with Crippen LogP contribution in [0.25, 0.3) is 11.0 Å². The summed E-state index contributed by atoms with van der Waals surface area (Å²) in [7, 11) is 0. The lowest BCUT2D eigenvalue weighted by Gasteiger charge is -2.08. The number of nitrogens with one attached hydrogen (secondary N) is 2. The second-order valence-electron chi connectivity index (χ2n) is 6.19. The Labute approximate surface area is 169 Å². The van der Waals surface area contributed by atoms with Gasteiger partial charge in [-0.2, -0.15) is 0 Å². The third kappa shape index (κ3) is 4.72. The summed E-state index contributed by atoms with van der Waals surface area (Å²) >= 11 is 3.16. The minimum atomic E-state index is -0.531. The van der Waals surface area contributed by atoms with Gasteiger partial charge in [0.05, 0.1) is 11.2 Å². The molecule has 0 radical (unpaired) electrons. The fraction of sp³-hybridized carbons (Fsp3) is 0.263. The molecule has 3 aromatic rings. The molecule has 1 aromatic heterocycles. The summed E-state index contributed by atoms with van der Waals surface area (Å²) in [5.74, 6) is -1.23. The second kappa shape index (κ2) is 8.92. The van der Waals surface area contributed by atoms with E-state index in [0.717, 1.165) is 18.5 Å². The predicted molar refractivity (Wildman–Crippen MR) is 107 cm³/mol. The molecular formula is C19H19BrFN5O2. The van der Waals surface area contributed by atoms with E-state index in [1.165, 1.54) is 12.1 Å². The topological polar surface area (TPSA) is 88.9 Å². The molecule has 146 valence electrons. The number of aromatic nitrogens is 3. The van der Waals surface area contributed by atoms with E-state index in [2.05, 4.69) is 43.8 Å². The molecule has 0 aliphatic heterocycles. The molecular weight excluding hydrogens is 429 g/mol. The quantitative estimate of drug-likeness (QED) is 0.579. The van der Waals surface area contributed by atoms with Crippen LogP contribution in [-0.2, 0) is 11.3 Å². The first kappa shape index (κ1) is 19.9. The average molecular weight is 448 g/mol. The highest BCUT2D eigenvalue weighted by Crippen LogP contribution is 2.19. The summed E-state index contributed by atoms with van der Waals surface area (Å²) in [4.78, 5) is 24.2. The second-order valence-corrected chi connectivity index (χ2v) is 7.11. The molecule has 0 atom stereocenters. The van der Waals surface area contributed by atoms with Crippen LogP contribution in [0.2, 0.25) is 0 Å². The standard InChI is InChI=1S/C19H19BrFN5O2/c1-2-9-26-17-6-3-12(10-16(17)24-25-26)19(28)22-8-7-18(27)23-15-5-4-13(20)11-14(15)21/h3-6,10-11H,2,7-9H2,1H3,(H,22,28)(H,23,27). The molecule has 0 unspecified atom stereocenters. The zero-order chi connectivity index (χ0) is 20.1. The largest absolute Gasteiger partial charge is 0.352 e. The lowest BCUT2D eigenvalue weighted by molar-refractivity contribution is -0.116. The van der Waals surface area contributed by atoms with Gasteiger partial charge in [-0.25, -0.2) is 9.07 Å². The Morgan fingerprint density at radius 1 is 1.21 bits per heavy atom. The number of anilines is 1. The van der Waals surface area contributed by atoms with Crippen molar-refractivity contribution in [3.63, 3.8) is 0 Å². The van der Waals surface area contributed by atoms with Gasteiger partial charge in [0.2, 0.25) is 5.91 Å². The molecule has 0 aliphatic rings. The smallest absolute Gasteiger partial charge is 0.251 e. The van der Waals surface area contributed by atoms with Crippen LogP contribution in [0.5, 0.6) is 0 Å². The number of rotatable bonds is 7. The van der Waals surface area contributed by atoms with Crippen LogP contribution in [0.3, 0.4) is 0 Å². The molecule has 2 aromatic carbocycles. The number of halogens is 2. The lowest BCUT2D eigenvalue weighted by atomic mass is 10.2. The third-order valence-corrected chi connectivity index (χ3v) is 4.55. The fourth-order valence-electron chi connectivity index (χ4n) is 2.69. The van der Waals surface area contributed by atoms with Gasteiger partial charge >= 0.3 is 0 Å².